The van der Waals surface area contributed by atoms with Crippen LogP contribution in [0.4, 0.5) is 0 Å². The second-order valence-electron chi connectivity index (χ2n) is 7.21. The third kappa shape index (κ3) is 3.28. The van der Waals surface area contributed by atoms with Gasteiger partial charge in [-0.1, -0.05) is 42.5 Å². The first-order valence-corrected chi connectivity index (χ1v) is 9.87. The summed E-state index contributed by atoms with van der Waals surface area (Å²) < 4.78 is 1.51. The summed E-state index contributed by atoms with van der Waals surface area (Å²) in [6.45, 7) is 1.76. The Kier molecular flexibility index (Phi) is 4.59. The maximum absolute atomic E-state index is 13.0. The molecule has 31 heavy (non-hydrogen) atoms. The zero-order valence-electron chi connectivity index (χ0n) is 16.7. The van der Waals surface area contributed by atoms with Crippen LogP contribution < -0.4 is 0 Å². The Morgan fingerprint density at radius 1 is 0.839 bits per heavy atom. The zero-order chi connectivity index (χ0) is 21.4. The van der Waals surface area contributed by atoms with Crippen LogP contribution in [0.3, 0.4) is 0 Å². The van der Waals surface area contributed by atoms with Gasteiger partial charge in [-0.05, 0) is 30.7 Å². The summed E-state index contributed by atoms with van der Waals surface area (Å²) in [4.78, 5) is 40.4. The number of nitrogens with zero attached hydrogens (tertiary/aromatic N) is 6. The van der Waals surface area contributed by atoms with Crippen molar-refractivity contribution < 1.29 is 9.59 Å². The smallest absolute Gasteiger partial charge is 0.262 e. The first-order valence-electron chi connectivity index (χ1n) is 9.87. The molecule has 0 N–H and O–H groups in total. The Bertz CT molecular complexity index is 1230. The van der Waals surface area contributed by atoms with Crippen molar-refractivity contribution in [3.05, 3.63) is 101 Å². The monoisotopic (exact) mass is 410 g/mol. The van der Waals surface area contributed by atoms with E-state index < -0.39 is 6.04 Å². The van der Waals surface area contributed by atoms with Gasteiger partial charge in [0.15, 0.2) is 11.6 Å². The van der Waals surface area contributed by atoms with E-state index in [4.69, 9.17) is 0 Å². The van der Waals surface area contributed by atoms with Gasteiger partial charge in [-0.15, -0.1) is 5.10 Å². The molecule has 2 aromatic carbocycles. The summed E-state index contributed by atoms with van der Waals surface area (Å²) in [7, 11) is 0. The Morgan fingerprint density at radius 3 is 2.10 bits per heavy atom. The van der Waals surface area contributed by atoms with E-state index >= 15 is 0 Å². The lowest BCUT2D eigenvalue weighted by molar-refractivity contribution is 0.0587. The summed E-state index contributed by atoms with van der Waals surface area (Å²) >= 11 is 0. The van der Waals surface area contributed by atoms with Gasteiger partial charge in [0.2, 0.25) is 0 Å². The molecule has 0 radical (unpaired) electrons. The lowest BCUT2D eigenvalue weighted by Gasteiger charge is -2.21. The van der Waals surface area contributed by atoms with Crippen LogP contribution in [0, 0.1) is 0 Å². The van der Waals surface area contributed by atoms with Crippen LogP contribution in [0.5, 0.6) is 0 Å². The third-order valence-electron chi connectivity index (χ3n) is 5.21. The highest BCUT2D eigenvalue weighted by Gasteiger charge is 2.40. The fourth-order valence-electron chi connectivity index (χ4n) is 3.72. The Hall–Kier alpha value is -4.20. The van der Waals surface area contributed by atoms with Gasteiger partial charge in [-0.3, -0.25) is 14.5 Å². The number of imide groups is 1. The molecule has 4 aromatic rings. The van der Waals surface area contributed by atoms with Crippen LogP contribution in [0.1, 0.15) is 50.9 Å². The molecule has 8 nitrogen and oxygen atoms in total. The molecule has 152 valence electrons. The first kappa shape index (κ1) is 18.8. The molecule has 3 heterocycles. The predicted molar refractivity (Wildman–Crippen MR) is 112 cm³/mol. The number of carbonyl (C=O) groups excluding carboxylic acids is 2. The van der Waals surface area contributed by atoms with Gasteiger partial charge in [0.05, 0.1) is 17.2 Å². The average molecular weight is 410 g/mol. The SMILES string of the molecule is CC(c1nc(Cc2ccccc2)nn1-c1ncccn1)N1C(=O)c2ccccc2C1=O. The number of amides is 2. The van der Waals surface area contributed by atoms with E-state index in [1.165, 1.54) is 9.58 Å². The molecule has 0 saturated carbocycles. The van der Waals surface area contributed by atoms with Crippen molar-refractivity contribution >= 4 is 11.8 Å². The molecule has 1 aliphatic rings. The number of hydrogen-bond donors (Lipinski definition) is 0. The summed E-state index contributed by atoms with van der Waals surface area (Å²) in [5.41, 5.74) is 1.84. The van der Waals surface area contributed by atoms with Crippen LogP contribution in [-0.4, -0.2) is 41.4 Å². The quantitative estimate of drug-likeness (QED) is 0.470. The second kappa shape index (κ2) is 7.56. The van der Waals surface area contributed by atoms with Gasteiger partial charge in [-0.25, -0.2) is 15.0 Å². The largest absolute Gasteiger partial charge is 0.269 e. The van der Waals surface area contributed by atoms with E-state index in [2.05, 4.69) is 20.1 Å². The van der Waals surface area contributed by atoms with Gasteiger partial charge in [-0.2, -0.15) is 4.68 Å². The van der Waals surface area contributed by atoms with Crippen LogP contribution in [0.2, 0.25) is 0 Å². The zero-order valence-corrected chi connectivity index (χ0v) is 16.7. The van der Waals surface area contributed by atoms with E-state index in [9.17, 15) is 9.59 Å². The minimum absolute atomic E-state index is 0.327. The van der Waals surface area contributed by atoms with Gasteiger partial charge in [0.25, 0.3) is 17.8 Å². The number of carbonyl (C=O) groups is 2. The molecule has 1 aliphatic heterocycles. The van der Waals surface area contributed by atoms with Crippen LogP contribution in [0.15, 0.2) is 73.1 Å². The second-order valence-corrected chi connectivity index (χ2v) is 7.21. The summed E-state index contributed by atoms with van der Waals surface area (Å²) in [6, 6.07) is 17.7. The van der Waals surface area contributed by atoms with Gasteiger partial charge in [0.1, 0.15) is 0 Å². The minimum Gasteiger partial charge on any atom is -0.269 e. The summed E-state index contributed by atoms with van der Waals surface area (Å²) in [6.07, 6.45) is 3.72. The molecule has 8 heteroatoms. The molecule has 0 saturated heterocycles. The normalized spacial score (nSPS) is 14.0. The van der Waals surface area contributed by atoms with Crippen LogP contribution in [0.25, 0.3) is 5.95 Å². The molecular formula is C23H18N6O2. The molecule has 0 spiro atoms. The van der Waals surface area contributed by atoms with E-state index in [0.29, 0.717) is 35.1 Å². The van der Waals surface area contributed by atoms with E-state index in [-0.39, 0.29) is 11.8 Å². The van der Waals surface area contributed by atoms with Crippen LogP contribution in [-0.2, 0) is 6.42 Å². The third-order valence-corrected chi connectivity index (χ3v) is 5.21. The van der Waals surface area contributed by atoms with Crippen molar-refractivity contribution in [2.45, 2.75) is 19.4 Å². The molecule has 1 unspecified atom stereocenters. The fourth-order valence-corrected chi connectivity index (χ4v) is 3.72. The molecule has 2 amide bonds. The molecular weight excluding hydrogens is 392 g/mol. The summed E-state index contributed by atoms with van der Waals surface area (Å²) in [5, 5.41) is 4.60. The van der Waals surface area contributed by atoms with Crippen molar-refractivity contribution in [3.63, 3.8) is 0 Å². The van der Waals surface area contributed by atoms with Gasteiger partial charge in [0, 0.05) is 18.8 Å². The van der Waals surface area contributed by atoms with Crippen LogP contribution >= 0.6 is 0 Å². The van der Waals surface area contributed by atoms with Crippen molar-refractivity contribution in [1.82, 2.24) is 29.6 Å². The topological polar surface area (TPSA) is 93.9 Å². The molecule has 0 aliphatic carbocycles. The predicted octanol–water partition coefficient (Wildman–Crippen LogP) is 3.01. The Labute approximate surface area is 178 Å². The lowest BCUT2D eigenvalue weighted by Crippen LogP contribution is -2.34. The number of rotatable bonds is 5. The van der Waals surface area contributed by atoms with Crippen molar-refractivity contribution in [1.29, 1.82) is 0 Å². The number of aromatic nitrogens is 5. The highest BCUT2D eigenvalue weighted by atomic mass is 16.2. The fraction of sp³-hybridized carbons (Fsp3) is 0.130. The number of benzene rings is 2. The molecule has 1 atom stereocenters. The Balaban J connectivity index is 1.56. The lowest BCUT2D eigenvalue weighted by atomic mass is 10.1. The van der Waals surface area contributed by atoms with Gasteiger partial charge < -0.3 is 0 Å². The molecule has 0 fully saturated rings. The van der Waals surface area contributed by atoms with Crippen molar-refractivity contribution in [2.24, 2.45) is 0 Å². The summed E-state index contributed by atoms with van der Waals surface area (Å²) in [5.74, 6) is 0.610. The standard InChI is InChI=1S/C23H18N6O2/c1-15(28-21(30)17-10-5-6-11-18(17)22(28)31)20-26-19(14-16-8-3-2-4-9-16)27-29(20)23-24-12-7-13-25-23/h2-13,15H,14H2,1H3. The first-order chi connectivity index (χ1) is 15.1. The number of hydrogen-bond acceptors (Lipinski definition) is 6. The Morgan fingerprint density at radius 2 is 1.45 bits per heavy atom. The maximum atomic E-state index is 13.0. The van der Waals surface area contributed by atoms with E-state index in [1.807, 2.05) is 30.3 Å². The molecule has 2 aromatic heterocycles. The minimum atomic E-state index is -0.659. The van der Waals surface area contributed by atoms with Crippen molar-refractivity contribution in [2.75, 3.05) is 0 Å². The molecule has 0 bridgehead atoms. The number of fused-ring (bicyclic) bond motifs is 1. The highest BCUT2D eigenvalue weighted by Crippen LogP contribution is 2.31. The highest BCUT2D eigenvalue weighted by molar-refractivity contribution is 6.21. The van der Waals surface area contributed by atoms with E-state index in [0.717, 1.165) is 5.56 Å². The molecule has 5 rings (SSSR count). The van der Waals surface area contributed by atoms with Crippen molar-refractivity contribution in [3.8, 4) is 5.95 Å². The average Bonchev–Trinajstić information content (AvgIpc) is 3.34. The van der Waals surface area contributed by atoms with Gasteiger partial charge >= 0.3 is 0 Å². The maximum Gasteiger partial charge on any atom is 0.262 e. The van der Waals surface area contributed by atoms with E-state index in [1.54, 1.807) is 49.6 Å².